The lowest BCUT2D eigenvalue weighted by Gasteiger charge is -2.23. The van der Waals surface area contributed by atoms with E-state index in [4.69, 9.17) is 21.1 Å². The van der Waals surface area contributed by atoms with Crippen molar-refractivity contribution in [3.8, 4) is 11.1 Å². The first-order valence-corrected chi connectivity index (χ1v) is 15.1. The quantitative estimate of drug-likeness (QED) is 0.336. The van der Waals surface area contributed by atoms with Crippen LogP contribution in [0.1, 0.15) is 53.3 Å². The van der Waals surface area contributed by atoms with Gasteiger partial charge >= 0.3 is 0 Å². The van der Waals surface area contributed by atoms with E-state index in [1.165, 1.54) is 0 Å². The molecule has 3 heterocycles. The minimum Gasteiger partial charge on any atom is -0.361 e. The maximum Gasteiger partial charge on any atom is 0.289 e. The van der Waals surface area contributed by atoms with Crippen LogP contribution in [0.3, 0.4) is 0 Å². The van der Waals surface area contributed by atoms with Crippen molar-refractivity contribution in [1.82, 2.24) is 20.4 Å². The molecule has 0 spiro atoms. The van der Waals surface area contributed by atoms with Gasteiger partial charge in [0, 0.05) is 22.0 Å². The standard InChI is InChI=1S/C28H28ClN5O4S/c1-16-24(17(2)38-34-16)18-6-7-23-22(14-18)25(33-28(10-11-28)19-4-3-5-20(29)15-19)32-26(31-23)27(35)30-21-8-12-39(36,37)13-9-21/h3-7,14-15,21H,8-13H2,1-2H3,(H,30,35)(H,31,32,33). The fourth-order valence-electron chi connectivity index (χ4n) is 5.28. The van der Waals surface area contributed by atoms with Crippen LogP contribution in [-0.2, 0) is 15.4 Å². The van der Waals surface area contributed by atoms with E-state index < -0.39 is 15.7 Å². The Balaban J connectivity index is 1.40. The summed E-state index contributed by atoms with van der Waals surface area (Å²) in [6, 6.07) is 13.3. The Morgan fingerprint density at radius 2 is 1.85 bits per heavy atom. The molecule has 1 aliphatic carbocycles. The molecule has 2 aromatic heterocycles. The third-order valence-corrected chi connectivity index (χ3v) is 9.55. The second-order valence-corrected chi connectivity index (χ2v) is 13.2. The second-order valence-electron chi connectivity index (χ2n) is 10.4. The molecule has 1 aliphatic heterocycles. The number of hydrogen-bond acceptors (Lipinski definition) is 8. The number of nitrogens with zero attached hydrogens (tertiary/aromatic N) is 3. The van der Waals surface area contributed by atoms with Gasteiger partial charge in [-0.2, -0.15) is 0 Å². The Kier molecular flexibility index (Phi) is 6.34. The van der Waals surface area contributed by atoms with Crippen molar-refractivity contribution in [2.24, 2.45) is 0 Å². The zero-order valence-electron chi connectivity index (χ0n) is 21.6. The molecule has 1 amide bonds. The Morgan fingerprint density at radius 3 is 2.51 bits per heavy atom. The van der Waals surface area contributed by atoms with Crippen LogP contribution in [0.5, 0.6) is 0 Å². The Morgan fingerprint density at radius 1 is 1.08 bits per heavy atom. The monoisotopic (exact) mass is 565 g/mol. The molecule has 11 heteroatoms. The molecule has 0 atom stereocenters. The first kappa shape index (κ1) is 25.8. The Bertz CT molecular complexity index is 1680. The first-order valence-electron chi connectivity index (χ1n) is 12.9. The number of sulfone groups is 1. The van der Waals surface area contributed by atoms with E-state index in [2.05, 4.69) is 20.8 Å². The van der Waals surface area contributed by atoms with Crippen LogP contribution in [0.25, 0.3) is 22.0 Å². The molecular weight excluding hydrogens is 538 g/mol. The van der Waals surface area contributed by atoms with Gasteiger partial charge in [0.1, 0.15) is 21.4 Å². The molecule has 202 valence electrons. The van der Waals surface area contributed by atoms with Gasteiger partial charge in [-0.15, -0.1) is 0 Å². The van der Waals surface area contributed by atoms with Crippen molar-refractivity contribution < 1.29 is 17.7 Å². The molecular formula is C28H28ClN5O4S. The number of halogens is 1. The minimum absolute atomic E-state index is 0.0328. The van der Waals surface area contributed by atoms with E-state index in [9.17, 15) is 13.2 Å². The van der Waals surface area contributed by atoms with Gasteiger partial charge in [0.15, 0.2) is 0 Å². The van der Waals surface area contributed by atoms with Gasteiger partial charge in [0.2, 0.25) is 5.82 Å². The van der Waals surface area contributed by atoms with Crippen molar-refractivity contribution in [1.29, 1.82) is 0 Å². The summed E-state index contributed by atoms with van der Waals surface area (Å²) in [6.45, 7) is 3.77. The number of carbonyl (C=O) groups is 1. The van der Waals surface area contributed by atoms with Gasteiger partial charge in [-0.05, 0) is 74.9 Å². The van der Waals surface area contributed by atoms with Gasteiger partial charge < -0.3 is 15.2 Å². The predicted molar refractivity (Wildman–Crippen MR) is 150 cm³/mol. The largest absolute Gasteiger partial charge is 0.361 e. The van der Waals surface area contributed by atoms with E-state index in [0.29, 0.717) is 35.0 Å². The van der Waals surface area contributed by atoms with Crippen molar-refractivity contribution >= 4 is 44.1 Å². The lowest BCUT2D eigenvalue weighted by atomic mass is 10.0. The molecule has 39 heavy (non-hydrogen) atoms. The normalized spacial score (nSPS) is 18.1. The summed E-state index contributed by atoms with van der Waals surface area (Å²) in [5, 5.41) is 12.1. The van der Waals surface area contributed by atoms with E-state index in [-0.39, 0.29) is 28.9 Å². The summed E-state index contributed by atoms with van der Waals surface area (Å²) in [5.41, 5.74) is 3.92. The van der Waals surface area contributed by atoms with Crippen LogP contribution in [0.4, 0.5) is 5.82 Å². The SMILES string of the molecule is Cc1noc(C)c1-c1ccc2nc(C(=O)NC3CCS(=O)(=O)CC3)nc(NC3(c4cccc(Cl)c4)CC3)c2c1. The smallest absolute Gasteiger partial charge is 0.289 e. The summed E-state index contributed by atoms with van der Waals surface area (Å²) in [7, 11) is -3.04. The zero-order chi connectivity index (χ0) is 27.4. The maximum absolute atomic E-state index is 13.3. The highest BCUT2D eigenvalue weighted by molar-refractivity contribution is 7.91. The van der Waals surface area contributed by atoms with Gasteiger partial charge in [-0.1, -0.05) is 35.0 Å². The topological polar surface area (TPSA) is 127 Å². The highest BCUT2D eigenvalue weighted by atomic mass is 35.5. The number of anilines is 1. The summed E-state index contributed by atoms with van der Waals surface area (Å²) >= 11 is 6.30. The highest BCUT2D eigenvalue weighted by Gasteiger charge is 2.45. The summed E-state index contributed by atoms with van der Waals surface area (Å²) in [4.78, 5) is 22.6. The minimum atomic E-state index is -3.04. The average molecular weight is 566 g/mol. The van der Waals surface area contributed by atoms with Crippen LogP contribution in [-0.4, -0.2) is 47.0 Å². The van der Waals surface area contributed by atoms with Gasteiger partial charge in [0.25, 0.3) is 5.91 Å². The molecule has 0 bridgehead atoms. The van der Waals surface area contributed by atoms with E-state index in [1.54, 1.807) is 0 Å². The molecule has 6 rings (SSSR count). The number of hydrogen-bond donors (Lipinski definition) is 2. The number of nitrogens with one attached hydrogen (secondary N) is 2. The fraction of sp³-hybridized carbons (Fsp3) is 0.357. The molecule has 0 unspecified atom stereocenters. The Hall–Kier alpha value is -3.50. The van der Waals surface area contributed by atoms with Crippen molar-refractivity contribution in [3.05, 3.63) is 70.3 Å². The first-order chi connectivity index (χ1) is 18.6. The fourth-order valence-corrected chi connectivity index (χ4v) is 6.97. The molecule has 0 radical (unpaired) electrons. The molecule has 4 aromatic rings. The lowest BCUT2D eigenvalue weighted by Crippen LogP contribution is -2.41. The number of aromatic nitrogens is 3. The summed E-state index contributed by atoms with van der Waals surface area (Å²) < 4.78 is 29.0. The Labute approximate surface area is 231 Å². The lowest BCUT2D eigenvalue weighted by molar-refractivity contribution is 0.0924. The highest BCUT2D eigenvalue weighted by Crippen LogP contribution is 2.49. The van der Waals surface area contributed by atoms with Crippen molar-refractivity contribution in [3.63, 3.8) is 0 Å². The van der Waals surface area contributed by atoms with Gasteiger partial charge in [-0.3, -0.25) is 4.79 Å². The number of rotatable bonds is 6. The number of carbonyl (C=O) groups excluding carboxylic acids is 1. The molecule has 9 nitrogen and oxygen atoms in total. The summed E-state index contributed by atoms with van der Waals surface area (Å²) in [5.74, 6) is 0.997. The second kappa shape index (κ2) is 9.60. The van der Waals surface area contributed by atoms with Gasteiger partial charge in [0.05, 0.1) is 28.3 Å². The molecule has 1 saturated carbocycles. The van der Waals surface area contributed by atoms with Crippen LogP contribution < -0.4 is 10.6 Å². The van der Waals surface area contributed by atoms with Crippen molar-refractivity contribution in [2.45, 2.75) is 51.1 Å². The number of amides is 1. The number of benzene rings is 2. The number of aryl methyl sites for hydroxylation is 2. The third kappa shape index (κ3) is 5.10. The molecule has 2 aromatic carbocycles. The molecule has 2 aliphatic rings. The maximum atomic E-state index is 13.3. The third-order valence-electron chi connectivity index (χ3n) is 7.60. The van der Waals surface area contributed by atoms with Crippen LogP contribution in [0, 0.1) is 13.8 Å². The summed E-state index contributed by atoms with van der Waals surface area (Å²) in [6.07, 6.45) is 2.54. The van der Waals surface area contributed by atoms with Crippen LogP contribution >= 0.6 is 11.6 Å². The van der Waals surface area contributed by atoms with E-state index in [0.717, 1.165) is 40.6 Å². The average Bonchev–Trinajstić information content (AvgIpc) is 3.61. The van der Waals surface area contributed by atoms with Crippen LogP contribution in [0.15, 0.2) is 47.0 Å². The van der Waals surface area contributed by atoms with E-state index >= 15 is 0 Å². The molecule has 2 fully saturated rings. The van der Waals surface area contributed by atoms with Crippen molar-refractivity contribution in [2.75, 3.05) is 16.8 Å². The zero-order valence-corrected chi connectivity index (χ0v) is 23.2. The van der Waals surface area contributed by atoms with E-state index in [1.807, 2.05) is 56.3 Å². The number of fused-ring (bicyclic) bond motifs is 1. The van der Waals surface area contributed by atoms with Crippen LogP contribution in [0.2, 0.25) is 5.02 Å². The van der Waals surface area contributed by atoms with Gasteiger partial charge in [-0.25, -0.2) is 18.4 Å². The molecule has 2 N–H and O–H groups in total. The predicted octanol–water partition coefficient (Wildman–Crippen LogP) is 4.96. The molecule has 1 saturated heterocycles.